The summed E-state index contributed by atoms with van der Waals surface area (Å²) in [4.78, 5) is 14.9. The van der Waals surface area contributed by atoms with Crippen LogP contribution in [0.5, 0.6) is 0 Å². The second kappa shape index (κ2) is 6.46. The zero-order valence-corrected chi connectivity index (χ0v) is 14.0. The van der Waals surface area contributed by atoms with Crippen LogP contribution in [0.25, 0.3) is 0 Å². The highest BCUT2D eigenvalue weighted by Crippen LogP contribution is 2.34. The number of para-hydroxylation sites is 1. The Hall–Kier alpha value is -2.04. The number of carbonyl (C=O) groups is 1. The maximum atomic E-state index is 13.1. The van der Waals surface area contributed by atoms with E-state index in [-0.39, 0.29) is 18.2 Å². The number of halogens is 1. The number of rotatable bonds is 3. The molecule has 1 amide bonds. The molecule has 2 aromatic rings. The van der Waals surface area contributed by atoms with Crippen LogP contribution in [-0.4, -0.2) is 30.1 Å². The van der Waals surface area contributed by atoms with Crippen molar-refractivity contribution >= 4 is 23.2 Å². The van der Waals surface area contributed by atoms with Crippen molar-refractivity contribution in [1.82, 2.24) is 4.90 Å². The number of amides is 1. The lowest BCUT2D eigenvalue weighted by Gasteiger charge is -2.39. The van der Waals surface area contributed by atoms with Crippen molar-refractivity contribution < 1.29 is 9.53 Å². The third-order valence-corrected chi connectivity index (χ3v) is 4.88. The topological polar surface area (TPSA) is 41.6 Å². The molecule has 0 aliphatic carbocycles. The van der Waals surface area contributed by atoms with Gasteiger partial charge >= 0.3 is 0 Å². The molecule has 1 N–H and O–H groups in total. The third kappa shape index (κ3) is 2.87. The number of hydrogen-bond donors (Lipinski definition) is 1. The predicted octanol–water partition coefficient (Wildman–Crippen LogP) is 4.09. The number of ether oxygens (including phenoxy) is 1. The lowest BCUT2D eigenvalue weighted by Crippen LogP contribution is -2.46. The summed E-state index contributed by atoms with van der Waals surface area (Å²) in [7, 11) is 0. The Labute approximate surface area is 146 Å². The molecule has 124 valence electrons. The molecular weight excluding hydrogens is 324 g/mol. The molecule has 2 aliphatic rings. The molecule has 2 unspecified atom stereocenters. The van der Waals surface area contributed by atoms with Gasteiger partial charge in [-0.2, -0.15) is 0 Å². The maximum Gasteiger partial charge on any atom is 0.257 e. The van der Waals surface area contributed by atoms with Crippen molar-refractivity contribution in [1.29, 1.82) is 0 Å². The van der Waals surface area contributed by atoms with Crippen molar-refractivity contribution in [2.24, 2.45) is 0 Å². The van der Waals surface area contributed by atoms with Gasteiger partial charge in [-0.25, -0.2) is 0 Å². The van der Waals surface area contributed by atoms with Gasteiger partial charge in [0.15, 0.2) is 0 Å². The SMILES string of the molecule is O=C1c2ccccc2NC(c2ccc(Cl)cc2)N1CC1CCCO1. The third-order valence-electron chi connectivity index (χ3n) is 4.63. The average Bonchev–Trinajstić information content (AvgIpc) is 3.11. The van der Waals surface area contributed by atoms with Gasteiger partial charge in [0, 0.05) is 23.9 Å². The second-order valence-electron chi connectivity index (χ2n) is 6.24. The normalized spacial score (nSPS) is 23.0. The summed E-state index contributed by atoms with van der Waals surface area (Å²) in [5, 5.41) is 4.18. The van der Waals surface area contributed by atoms with Crippen LogP contribution < -0.4 is 5.32 Å². The standard InChI is InChI=1S/C19H19ClN2O2/c20-14-9-7-13(8-10-14)18-21-17-6-2-1-5-16(17)19(23)22(18)12-15-4-3-11-24-15/h1-2,5-10,15,18,21H,3-4,11-12H2. The van der Waals surface area contributed by atoms with Crippen LogP contribution in [0.3, 0.4) is 0 Å². The molecule has 2 atom stereocenters. The van der Waals surface area contributed by atoms with Crippen molar-refractivity contribution in [3.63, 3.8) is 0 Å². The van der Waals surface area contributed by atoms with Crippen LogP contribution in [0.2, 0.25) is 5.02 Å². The zero-order valence-electron chi connectivity index (χ0n) is 13.2. The highest BCUT2D eigenvalue weighted by atomic mass is 35.5. The molecule has 5 heteroatoms. The van der Waals surface area contributed by atoms with E-state index in [0.717, 1.165) is 30.7 Å². The Bertz CT molecular complexity index is 741. The molecule has 1 fully saturated rings. The molecule has 1 saturated heterocycles. The number of nitrogens with one attached hydrogen (secondary N) is 1. The number of nitrogens with zero attached hydrogens (tertiary/aromatic N) is 1. The van der Waals surface area contributed by atoms with E-state index >= 15 is 0 Å². The Kier molecular flexibility index (Phi) is 4.17. The lowest BCUT2D eigenvalue weighted by molar-refractivity contribution is 0.0427. The Balaban J connectivity index is 1.70. The van der Waals surface area contributed by atoms with Crippen LogP contribution >= 0.6 is 11.6 Å². The van der Waals surface area contributed by atoms with Crippen LogP contribution in [0.4, 0.5) is 5.69 Å². The van der Waals surface area contributed by atoms with Crippen LogP contribution in [0, 0.1) is 0 Å². The number of anilines is 1. The van der Waals surface area contributed by atoms with Gasteiger partial charge < -0.3 is 15.0 Å². The highest BCUT2D eigenvalue weighted by molar-refractivity contribution is 6.30. The predicted molar refractivity (Wildman–Crippen MR) is 94.3 cm³/mol. The first-order chi connectivity index (χ1) is 11.7. The van der Waals surface area contributed by atoms with Crippen molar-refractivity contribution in [2.75, 3.05) is 18.5 Å². The van der Waals surface area contributed by atoms with Crippen molar-refractivity contribution in [3.8, 4) is 0 Å². The quantitative estimate of drug-likeness (QED) is 0.913. The molecule has 0 bridgehead atoms. The van der Waals surface area contributed by atoms with Gasteiger partial charge in [0.05, 0.1) is 11.7 Å². The minimum absolute atomic E-state index is 0.0415. The Morgan fingerprint density at radius 1 is 1.17 bits per heavy atom. The van der Waals surface area contributed by atoms with E-state index in [1.54, 1.807) is 0 Å². The number of benzene rings is 2. The monoisotopic (exact) mass is 342 g/mol. The average molecular weight is 343 g/mol. The zero-order chi connectivity index (χ0) is 16.5. The van der Waals surface area contributed by atoms with Crippen LogP contribution in [-0.2, 0) is 4.74 Å². The molecule has 0 spiro atoms. The lowest BCUT2D eigenvalue weighted by atomic mass is 10.0. The van der Waals surface area contributed by atoms with Gasteiger partial charge in [0.25, 0.3) is 5.91 Å². The summed E-state index contributed by atoms with van der Waals surface area (Å²) >= 11 is 6.01. The van der Waals surface area contributed by atoms with Gasteiger partial charge in [0.1, 0.15) is 6.17 Å². The first kappa shape index (κ1) is 15.5. The number of carbonyl (C=O) groups excluding carboxylic acids is 1. The molecule has 0 saturated carbocycles. The summed E-state index contributed by atoms with van der Waals surface area (Å²) in [6.07, 6.45) is 1.95. The Morgan fingerprint density at radius 2 is 1.96 bits per heavy atom. The fourth-order valence-corrected chi connectivity index (χ4v) is 3.52. The molecule has 2 heterocycles. The fourth-order valence-electron chi connectivity index (χ4n) is 3.40. The summed E-state index contributed by atoms with van der Waals surface area (Å²) in [5.74, 6) is 0.0415. The van der Waals surface area contributed by atoms with E-state index in [0.29, 0.717) is 17.1 Å². The van der Waals surface area contributed by atoms with Crippen LogP contribution in [0.15, 0.2) is 48.5 Å². The number of hydrogen-bond acceptors (Lipinski definition) is 3. The highest BCUT2D eigenvalue weighted by Gasteiger charge is 2.35. The van der Waals surface area contributed by atoms with Crippen molar-refractivity contribution in [3.05, 3.63) is 64.7 Å². The summed E-state index contributed by atoms with van der Waals surface area (Å²) < 4.78 is 5.75. The molecule has 2 aliphatic heterocycles. The van der Waals surface area contributed by atoms with E-state index in [9.17, 15) is 4.79 Å². The van der Waals surface area contributed by atoms with E-state index < -0.39 is 0 Å². The molecular formula is C19H19ClN2O2. The molecule has 24 heavy (non-hydrogen) atoms. The number of fused-ring (bicyclic) bond motifs is 1. The fraction of sp³-hybridized carbons (Fsp3) is 0.316. The molecule has 0 aromatic heterocycles. The molecule has 4 rings (SSSR count). The van der Waals surface area contributed by atoms with E-state index in [4.69, 9.17) is 16.3 Å². The summed E-state index contributed by atoms with van der Waals surface area (Å²) in [5.41, 5.74) is 2.59. The molecule has 4 nitrogen and oxygen atoms in total. The van der Waals surface area contributed by atoms with Gasteiger partial charge in [-0.1, -0.05) is 35.9 Å². The first-order valence-corrected chi connectivity index (χ1v) is 8.64. The molecule has 0 radical (unpaired) electrons. The van der Waals surface area contributed by atoms with Gasteiger partial charge in [-0.05, 0) is 42.7 Å². The van der Waals surface area contributed by atoms with Crippen molar-refractivity contribution in [2.45, 2.75) is 25.1 Å². The summed E-state index contributed by atoms with van der Waals surface area (Å²) in [6, 6.07) is 15.3. The maximum absolute atomic E-state index is 13.1. The van der Waals surface area contributed by atoms with E-state index in [1.807, 2.05) is 53.4 Å². The first-order valence-electron chi connectivity index (χ1n) is 8.26. The molecule has 2 aromatic carbocycles. The minimum atomic E-state index is -0.214. The Morgan fingerprint density at radius 3 is 2.71 bits per heavy atom. The van der Waals surface area contributed by atoms with Gasteiger partial charge in [-0.15, -0.1) is 0 Å². The summed E-state index contributed by atoms with van der Waals surface area (Å²) in [6.45, 7) is 1.37. The smallest absolute Gasteiger partial charge is 0.257 e. The second-order valence-corrected chi connectivity index (χ2v) is 6.67. The largest absolute Gasteiger partial charge is 0.376 e. The van der Waals surface area contributed by atoms with Gasteiger partial charge in [0.2, 0.25) is 0 Å². The van der Waals surface area contributed by atoms with E-state index in [1.165, 1.54) is 0 Å². The minimum Gasteiger partial charge on any atom is -0.376 e. The van der Waals surface area contributed by atoms with Gasteiger partial charge in [-0.3, -0.25) is 4.79 Å². The van der Waals surface area contributed by atoms with E-state index in [2.05, 4.69) is 5.32 Å². The van der Waals surface area contributed by atoms with Crippen LogP contribution in [0.1, 0.15) is 34.9 Å².